The lowest BCUT2D eigenvalue weighted by atomic mass is 10.0. The van der Waals surface area contributed by atoms with E-state index in [0.717, 1.165) is 34.8 Å². The van der Waals surface area contributed by atoms with Gasteiger partial charge in [0.2, 0.25) is 0 Å². The van der Waals surface area contributed by atoms with Crippen molar-refractivity contribution < 1.29 is 0 Å². The van der Waals surface area contributed by atoms with Crippen molar-refractivity contribution in [2.75, 3.05) is 11.4 Å². The van der Waals surface area contributed by atoms with Gasteiger partial charge in [-0.3, -0.25) is 0 Å². The molecule has 2 aromatic rings. The number of H-pyrrole nitrogens is 1. The van der Waals surface area contributed by atoms with Crippen molar-refractivity contribution in [2.24, 2.45) is 0 Å². The summed E-state index contributed by atoms with van der Waals surface area (Å²) in [6.07, 6.45) is 0.949. The number of benzene rings is 1. The summed E-state index contributed by atoms with van der Waals surface area (Å²) < 4.78 is 0. The van der Waals surface area contributed by atoms with Gasteiger partial charge in [-0.25, -0.2) is 4.79 Å². The lowest BCUT2D eigenvalue weighted by Gasteiger charge is -2.26. The highest BCUT2D eigenvalue weighted by molar-refractivity contribution is 5.66. The van der Waals surface area contributed by atoms with Crippen LogP contribution >= 0.6 is 0 Å². The molecular formula is C20H27N3O. The van der Waals surface area contributed by atoms with Crippen LogP contribution in [0.15, 0.2) is 16.9 Å². The van der Waals surface area contributed by atoms with Crippen molar-refractivity contribution in [2.45, 2.75) is 48.0 Å². The molecule has 1 aromatic heterocycles. The molecule has 0 saturated heterocycles. The largest absolute Gasteiger partial charge is 0.347 e. The fraction of sp³-hybridized carbons (Fsp3) is 0.400. The van der Waals surface area contributed by atoms with Crippen LogP contribution < -0.4 is 21.2 Å². The van der Waals surface area contributed by atoms with Gasteiger partial charge in [-0.1, -0.05) is 25.1 Å². The summed E-state index contributed by atoms with van der Waals surface area (Å²) in [7, 11) is 0. The van der Waals surface area contributed by atoms with Crippen LogP contribution in [0.5, 0.6) is 0 Å². The van der Waals surface area contributed by atoms with E-state index in [4.69, 9.17) is 0 Å². The molecule has 0 aliphatic heterocycles. The first-order valence-corrected chi connectivity index (χ1v) is 8.38. The molecule has 0 spiro atoms. The van der Waals surface area contributed by atoms with Crippen molar-refractivity contribution in [3.8, 4) is 0 Å². The molecule has 4 heteroatoms. The second-order valence-electron chi connectivity index (χ2n) is 6.59. The zero-order valence-electron chi connectivity index (χ0n) is 15.6. The van der Waals surface area contributed by atoms with Crippen LogP contribution in [-0.2, 0) is 0 Å². The highest BCUT2D eigenvalue weighted by Crippen LogP contribution is 2.27. The fourth-order valence-electron chi connectivity index (χ4n) is 2.94. The second-order valence-corrected chi connectivity index (χ2v) is 6.59. The summed E-state index contributed by atoms with van der Waals surface area (Å²) in [4.78, 5) is 21.2. The molecule has 2 rings (SSSR count). The average molecular weight is 325 g/mol. The van der Waals surface area contributed by atoms with Gasteiger partial charge in [0.15, 0.2) is 0 Å². The predicted molar refractivity (Wildman–Crippen MR) is 102 cm³/mol. The summed E-state index contributed by atoms with van der Waals surface area (Å²) in [5.41, 5.74) is 5.44. The molecule has 0 atom stereocenters. The lowest BCUT2D eigenvalue weighted by Crippen LogP contribution is -2.41. The molecule has 0 amide bonds. The number of nitrogens with one attached hydrogen (secondary N) is 1. The Bertz CT molecular complexity index is 921. The molecule has 0 bridgehead atoms. The molecule has 24 heavy (non-hydrogen) atoms. The number of rotatable bonds is 4. The minimum Gasteiger partial charge on any atom is -0.325 e. The maximum Gasteiger partial charge on any atom is 0.347 e. The molecule has 0 saturated carbocycles. The van der Waals surface area contributed by atoms with Gasteiger partial charge in [0.05, 0.1) is 5.35 Å². The van der Waals surface area contributed by atoms with Gasteiger partial charge in [0, 0.05) is 17.5 Å². The topological polar surface area (TPSA) is 49.0 Å². The quantitative estimate of drug-likeness (QED) is 0.940. The molecular weight excluding hydrogens is 298 g/mol. The van der Waals surface area contributed by atoms with Crippen molar-refractivity contribution in [3.05, 3.63) is 49.9 Å². The van der Waals surface area contributed by atoms with Crippen molar-refractivity contribution in [1.29, 1.82) is 0 Å². The standard InChI is InChI=1S/C20H27N3O/c1-8-9-23(17-11-14(5)13(4)10-15(17)6)19-16(7)18(12(2)3)21-20(24)22-19/h10-11H,7-9H2,1-6H3,(H,21,24). The predicted octanol–water partition coefficient (Wildman–Crippen LogP) is 2.84. The fourth-order valence-corrected chi connectivity index (χ4v) is 2.94. The minimum absolute atomic E-state index is 0.337. The average Bonchev–Trinajstić information content (AvgIpc) is 2.51. The van der Waals surface area contributed by atoms with E-state index in [9.17, 15) is 4.79 Å². The van der Waals surface area contributed by atoms with Crippen LogP contribution in [0.25, 0.3) is 12.2 Å². The summed E-state index contributed by atoms with van der Waals surface area (Å²) in [5, 5.41) is 1.54. The number of aromatic amines is 1. The van der Waals surface area contributed by atoms with E-state index in [1.54, 1.807) is 0 Å². The Labute approximate surface area is 143 Å². The van der Waals surface area contributed by atoms with Gasteiger partial charge < -0.3 is 9.88 Å². The Morgan fingerprint density at radius 3 is 2.38 bits per heavy atom. The summed E-state index contributed by atoms with van der Waals surface area (Å²) in [6.45, 7) is 17.3. The SMILES string of the molecule is C=c1c(N(CCC)c2cc(C)c(C)cc2C)nc(=O)[nH]c1=C(C)C. The van der Waals surface area contributed by atoms with Crippen molar-refractivity contribution in [1.82, 2.24) is 9.97 Å². The first-order chi connectivity index (χ1) is 11.3. The van der Waals surface area contributed by atoms with Crippen LogP contribution in [0.4, 0.5) is 11.5 Å². The van der Waals surface area contributed by atoms with Gasteiger partial charge in [0.25, 0.3) is 0 Å². The number of hydrogen-bond donors (Lipinski definition) is 1. The van der Waals surface area contributed by atoms with Crippen molar-refractivity contribution in [3.63, 3.8) is 0 Å². The van der Waals surface area contributed by atoms with E-state index < -0.39 is 0 Å². The zero-order chi connectivity index (χ0) is 18.0. The zero-order valence-corrected chi connectivity index (χ0v) is 15.6. The molecule has 1 heterocycles. The van der Waals surface area contributed by atoms with Crippen LogP contribution in [-0.4, -0.2) is 16.5 Å². The summed E-state index contributed by atoms with van der Waals surface area (Å²) in [6, 6.07) is 4.35. The normalized spacial score (nSPS) is 10.8. The Hall–Kier alpha value is -2.36. The van der Waals surface area contributed by atoms with Gasteiger partial charge in [-0.15, -0.1) is 0 Å². The molecule has 128 valence electrons. The first-order valence-electron chi connectivity index (χ1n) is 8.38. The summed E-state index contributed by atoms with van der Waals surface area (Å²) in [5.74, 6) is 0.642. The van der Waals surface area contributed by atoms with Crippen molar-refractivity contribution >= 4 is 23.7 Å². The Morgan fingerprint density at radius 1 is 1.17 bits per heavy atom. The van der Waals surface area contributed by atoms with Gasteiger partial charge in [-0.05, 0) is 63.8 Å². The molecule has 1 aromatic carbocycles. The van der Waals surface area contributed by atoms with Crippen LogP contribution in [0.2, 0.25) is 0 Å². The van der Waals surface area contributed by atoms with Crippen LogP contribution in [0, 0.1) is 20.8 Å². The Kier molecular flexibility index (Phi) is 5.27. The Morgan fingerprint density at radius 2 is 1.79 bits per heavy atom. The summed E-state index contributed by atoms with van der Waals surface area (Å²) >= 11 is 0. The number of nitrogens with zero attached hydrogens (tertiary/aromatic N) is 2. The first kappa shape index (κ1) is 18.0. The third-order valence-corrected chi connectivity index (χ3v) is 4.32. The minimum atomic E-state index is -0.337. The third kappa shape index (κ3) is 3.42. The van der Waals surface area contributed by atoms with E-state index in [2.05, 4.69) is 61.3 Å². The Balaban J connectivity index is 2.80. The number of aryl methyl sites for hydroxylation is 3. The van der Waals surface area contributed by atoms with E-state index in [1.807, 2.05) is 13.8 Å². The van der Waals surface area contributed by atoms with E-state index >= 15 is 0 Å². The maximum absolute atomic E-state index is 12.1. The van der Waals surface area contributed by atoms with Crippen LogP contribution in [0.1, 0.15) is 43.9 Å². The molecule has 0 aliphatic carbocycles. The van der Waals surface area contributed by atoms with Gasteiger partial charge >= 0.3 is 5.69 Å². The third-order valence-electron chi connectivity index (χ3n) is 4.32. The number of hydrogen-bond acceptors (Lipinski definition) is 3. The number of anilines is 2. The molecule has 0 aliphatic rings. The molecule has 1 N–H and O–H groups in total. The highest BCUT2D eigenvalue weighted by Gasteiger charge is 2.16. The highest BCUT2D eigenvalue weighted by atomic mass is 16.1. The molecule has 0 fully saturated rings. The van der Waals surface area contributed by atoms with E-state index in [1.165, 1.54) is 16.7 Å². The number of aromatic nitrogens is 2. The lowest BCUT2D eigenvalue weighted by molar-refractivity contribution is 0.849. The molecule has 4 nitrogen and oxygen atoms in total. The van der Waals surface area contributed by atoms with E-state index in [-0.39, 0.29) is 5.69 Å². The van der Waals surface area contributed by atoms with Gasteiger partial charge in [-0.2, -0.15) is 4.98 Å². The second kappa shape index (κ2) is 7.04. The smallest absolute Gasteiger partial charge is 0.325 e. The van der Waals surface area contributed by atoms with E-state index in [0.29, 0.717) is 5.82 Å². The van der Waals surface area contributed by atoms with Crippen LogP contribution in [0.3, 0.4) is 0 Å². The monoisotopic (exact) mass is 325 g/mol. The molecule has 0 unspecified atom stereocenters. The van der Waals surface area contributed by atoms with Gasteiger partial charge in [0.1, 0.15) is 5.82 Å². The maximum atomic E-state index is 12.1. The molecule has 0 radical (unpaired) electrons.